The number of aromatic nitrogens is 1. The van der Waals surface area contributed by atoms with E-state index in [1.54, 1.807) is 36.5 Å². The third-order valence-electron chi connectivity index (χ3n) is 3.76. The smallest absolute Gasteiger partial charge is 0.274 e. The monoisotopic (exact) mass is 351 g/mol. The van der Waals surface area contributed by atoms with Gasteiger partial charge in [0.05, 0.1) is 11.9 Å². The van der Waals surface area contributed by atoms with Gasteiger partial charge in [-0.05, 0) is 49.4 Å². The zero-order valence-corrected chi connectivity index (χ0v) is 14.6. The minimum Gasteiger partial charge on any atom is -0.341 e. The van der Waals surface area contributed by atoms with E-state index in [1.165, 1.54) is 0 Å². The SMILES string of the molecule is CCN(c1ccccc1)c1ccc(C(=O)Nc2cccc(Cl)c2)nc1. The average molecular weight is 352 g/mol. The molecule has 0 unspecified atom stereocenters. The molecule has 25 heavy (non-hydrogen) atoms. The maximum Gasteiger partial charge on any atom is 0.274 e. The maximum absolute atomic E-state index is 12.3. The van der Waals surface area contributed by atoms with Gasteiger partial charge in [0.2, 0.25) is 0 Å². The number of nitrogens with zero attached hydrogens (tertiary/aromatic N) is 2. The molecule has 0 fully saturated rings. The van der Waals surface area contributed by atoms with Crippen LogP contribution in [0.5, 0.6) is 0 Å². The summed E-state index contributed by atoms with van der Waals surface area (Å²) in [6.45, 7) is 2.88. The van der Waals surface area contributed by atoms with Gasteiger partial charge in [0.15, 0.2) is 0 Å². The summed E-state index contributed by atoms with van der Waals surface area (Å²) in [5, 5.41) is 3.37. The van der Waals surface area contributed by atoms with Crippen LogP contribution in [0, 0.1) is 0 Å². The summed E-state index contributed by atoms with van der Waals surface area (Å²) >= 11 is 5.93. The number of carbonyl (C=O) groups is 1. The van der Waals surface area contributed by atoms with Crippen molar-refractivity contribution in [2.24, 2.45) is 0 Å². The molecule has 2 aromatic carbocycles. The van der Waals surface area contributed by atoms with Crippen LogP contribution in [0.25, 0.3) is 0 Å². The van der Waals surface area contributed by atoms with Gasteiger partial charge in [-0.2, -0.15) is 0 Å². The van der Waals surface area contributed by atoms with Crippen molar-refractivity contribution in [3.63, 3.8) is 0 Å². The first-order valence-corrected chi connectivity index (χ1v) is 8.40. The highest BCUT2D eigenvalue weighted by Crippen LogP contribution is 2.24. The number of nitrogens with one attached hydrogen (secondary N) is 1. The van der Waals surface area contributed by atoms with Crippen molar-refractivity contribution >= 4 is 34.6 Å². The average Bonchev–Trinajstić information content (AvgIpc) is 2.64. The number of rotatable bonds is 5. The van der Waals surface area contributed by atoms with E-state index in [2.05, 4.69) is 22.1 Å². The van der Waals surface area contributed by atoms with Gasteiger partial charge in [-0.15, -0.1) is 0 Å². The van der Waals surface area contributed by atoms with Gasteiger partial charge < -0.3 is 10.2 Å². The molecule has 1 amide bonds. The lowest BCUT2D eigenvalue weighted by molar-refractivity contribution is 0.102. The van der Waals surface area contributed by atoms with Crippen molar-refractivity contribution in [3.05, 3.63) is 83.6 Å². The molecule has 5 heteroatoms. The lowest BCUT2D eigenvalue weighted by Gasteiger charge is -2.22. The fourth-order valence-corrected chi connectivity index (χ4v) is 2.75. The zero-order chi connectivity index (χ0) is 17.6. The molecule has 0 bridgehead atoms. The van der Waals surface area contributed by atoms with Gasteiger partial charge in [-0.3, -0.25) is 4.79 Å². The third kappa shape index (κ3) is 4.17. The van der Waals surface area contributed by atoms with Gasteiger partial charge in [0.1, 0.15) is 5.69 Å². The summed E-state index contributed by atoms with van der Waals surface area (Å²) in [5.41, 5.74) is 3.02. The summed E-state index contributed by atoms with van der Waals surface area (Å²) in [4.78, 5) is 18.8. The predicted octanol–water partition coefficient (Wildman–Crippen LogP) is 5.15. The number of pyridine rings is 1. The Labute approximate surface area is 152 Å². The molecule has 1 aromatic heterocycles. The number of amides is 1. The molecule has 126 valence electrons. The van der Waals surface area contributed by atoms with Crippen molar-refractivity contribution in [3.8, 4) is 0 Å². The molecule has 0 saturated carbocycles. The van der Waals surface area contributed by atoms with Crippen LogP contribution in [0.1, 0.15) is 17.4 Å². The second-order valence-electron chi connectivity index (χ2n) is 5.45. The van der Waals surface area contributed by atoms with Gasteiger partial charge in [-0.1, -0.05) is 35.9 Å². The van der Waals surface area contributed by atoms with Crippen LogP contribution < -0.4 is 10.2 Å². The fraction of sp³-hybridized carbons (Fsp3) is 0.100. The molecule has 3 aromatic rings. The predicted molar refractivity (Wildman–Crippen MR) is 103 cm³/mol. The quantitative estimate of drug-likeness (QED) is 0.691. The molecule has 4 nitrogen and oxygen atoms in total. The highest BCUT2D eigenvalue weighted by Gasteiger charge is 2.11. The summed E-state index contributed by atoms with van der Waals surface area (Å²) < 4.78 is 0. The van der Waals surface area contributed by atoms with Crippen molar-refractivity contribution in [2.45, 2.75) is 6.92 Å². The van der Waals surface area contributed by atoms with Crippen LogP contribution in [0.4, 0.5) is 17.1 Å². The van der Waals surface area contributed by atoms with Gasteiger partial charge in [-0.25, -0.2) is 4.98 Å². The minimum atomic E-state index is -0.267. The molecule has 0 radical (unpaired) electrons. The molecular formula is C20H18ClN3O. The Morgan fingerprint density at radius 1 is 1.04 bits per heavy atom. The number of hydrogen-bond acceptors (Lipinski definition) is 3. The molecule has 0 aliphatic carbocycles. The Morgan fingerprint density at radius 3 is 2.48 bits per heavy atom. The first-order valence-electron chi connectivity index (χ1n) is 8.03. The number of hydrogen-bond donors (Lipinski definition) is 1. The van der Waals surface area contributed by atoms with Crippen LogP contribution in [0.3, 0.4) is 0 Å². The molecule has 0 aliphatic rings. The van der Waals surface area contributed by atoms with Crippen LogP contribution in [-0.2, 0) is 0 Å². The maximum atomic E-state index is 12.3. The van der Waals surface area contributed by atoms with Crippen molar-refractivity contribution in [2.75, 3.05) is 16.8 Å². The fourth-order valence-electron chi connectivity index (χ4n) is 2.56. The van der Waals surface area contributed by atoms with Gasteiger partial charge >= 0.3 is 0 Å². The number of carbonyl (C=O) groups excluding carboxylic acids is 1. The topological polar surface area (TPSA) is 45.2 Å². The van der Waals surface area contributed by atoms with E-state index >= 15 is 0 Å². The van der Waals surface area contributed by atoms with Crippen LogP contribution in [-0.4, -0.2) is 17.4 Å². The number of benzene rings is 2. The van der Waals surface area contributed by atoms with Crippen LogP contribution in [0.15, 0.2) is 72.9 Å². The number of para-hydroxylation sites is 1. The molecule has 1 heterocycles. The van der Waals surface area contributed by atoms with E-state index in [4.69, 9.17) is 11.6 Å². The molecule has 3 rings (SSSR count). The highest BCUT2D eigenvalue weighted by atomic mass is 35.5. The zero-order valence-electron chi connectivity index (χ0n) is 13.8. The van der Waals surface area contributed by atoms with Gasteiger partial charge in [0.25, 0.3) is 5.91 Å². The standard InChI is InChI=1S/C20H18ClN3O/c1-2-24(17-9-4-3-5-10-17)18-11-12-19(22-14-18)20(25)23-16-8-6-7-15(21)13-16/h3-14H,2H2,1H3,(H,23,25). The van der Waals surface area contributed by atoms with Crippen LogP contribution >= 0.6 is 11.6 Å². The van der Waals surface area contributed by atoms with E-state index < -0.39 is 0 Å². The number of anilines is 3. The normalized spacial score (nSPS) is 10.3. The van der Waals surface area contributed by atoms with E-state index in [9.17, 15) is 4.79 Å². The van der Waals surface area contributed by atoms with Gasteiger partial charge in [0, 0.05) is 22.9 Å². The lowest BCUT2D eigenvalue weighted by Crippen LogP contribution is -2.17. The van der Waals surface area contributed by atoms with Crippen molar-refractivity contribution in [1.29, 1.82) is 0 Å². The van der Waals surface area contributed by atoms with Crippen LogP contribution in [0.2, 0.25) is 5.02 Å². The van der Waals surface area contributed by atoms with Crippen molar-refractivity contribution < 1.29 is 4.79 Å². The molecule has 0 saturated heterocycles. The Kier molecular flexibility index (Phi) is 5.31. The largest absolute Gasteiger partial charge is 0.341 e. The summed E-state index contributed by atoms with van der Waals surface area (Å²) in [6, 6.07) is 20.7. The van der Waals surface area contributed by atoms with E-state index in [1.807, 2.05) is 36.4 Å². The Balaban J connectivity index is 1.76. The minimum absolute atomic E-state index is 0.267. The highest BCUT2D eigenvalue weighted by molar-refractivity contribution is 6.30. The molecule has 0 spiro atoms. The van der Waals surface area contributed by atoms with Crippen molar-refractivity contribution in [1.82, 2.24) is 4.98 Å². The first kappa shape index (κ1) is 17.0. The summed E-state index contributed by atoms with van der Waals surface area (Å²) in [7, 11) is 0. The van der Waals surface area contributed by atoms with E-state index in [0.29, 0.717) is 16.4 Å². The summed E-state index contributed by atoms with van der Waals surface area (Å²) in [6.07, 6.45) is 1.71. The Bertz CT molecular complexity index is 850. The summed E-state index contributed by atoms with van der Waals surface area (Å²) in [5.74, 6) is -0.267. The second kappa shape index (κ2) is 7.81. The Morgan fingerprint density at radius 2 is 1.84 bits per heavy atom. The first-order chi connectivity index (χ1) is 12.2. The van der Waals surface area contributed by atoms with E-state index in [-0.39, 0.29) is 5.91 Å². The molecule has 1 N–H and O–H groups in total. The Hall–Kier alpha value is -2.85. The third-order valence-corrected chi connectivity index (χ3v) is 3.99. The second-order valence-corrected chi connectivity index (χ2v) is 5.88. The molecular weight excluding hydrogens is 334 g/mol. The molecule has 0 atom stereocenters. The van der Waals surface area contributed by atoms with E-state index in [0.717, 1.165) is 17.9 Å². The molecule has 0 aliphatic heterocycles. The number of halogens is 1. The lowest BCUT2D eigenvalue weighted by atomic mass is 10.2.